The topological polar surface area (TPSA) is 143 Å². The maximum atomic E-state index is 12.2. The molecular weight excluding hydrogens is 335 g/mol. The molecule has 0 unspecified atom stereocenters. The maximum Gasteiger partial charge on any atom is 0.573 e. The molecule has 0 radical (unpaired) electrons. The minimum absolute atomic E-state index is 0.0310. The first-order valence-corrected chi connectivity index (χ1v) is 5.95. The Bertz CT molecular complexity index is 811. The standard InChI is InChI=1S/C11H6F3N7O3/c12-11(13,14)24-9-2-1-7(3-8(9)21(22)23)16-5-6(4-15)10-17-19-20-18-10/h1-3,5,16H,(H,17,18,19,20). The summed E-state index contributed by atoms with van der Waals surface area (Å²) in [4.78, 5) is 9.84. The summed E-state index contributed by atoms with van der Waals surface area (Å²) >= 11 is 0. The predicted octanol–water partition coefficient (Wildman–Crippen LogP) is 1.98. The van der Waals surface area contributed by atoms with Gasteiger partial charge in [0.05, 0.1) is 4.92 Å². The summed E-state index contributed by atoms with van der Waals surface area (Å²) in [6.07, 6.45) is -3.94. The molecule has 0 bridgehead atoms. The first-order chi connectivity index (χ1) is 11.3. The zero-order valence-electron chi connectivity index (χ0n) is 11.4. The van der Waals surface area contributed by atoms with Gasteiger partial charge in [0.25, 0.3) is 0 Å². The second-order valence-corrected chi connectivity index (χ2v) is 4.04. The molecule has 1 heterocycles. The highest BCUT2D eigenvalue weighted by Crippen LogP contribution is 2.34. The van der Waals surface area contributed by atoms with Crippen molar-refractivity contribution < 1.29 is 22.8 Å². The molecule has 0 fully saturated rings. The first kappa shape index (κ1) is 16.7. The van der Waals surface area contributed by atoms with Crippen LogP contribution in [0, 0.1) is 21.4 Å². The molecule has 0 spiro atoms. The second-order valence-electron chi connectivity index (χ2n) is 4.04. The van der Waals surface area contributed by atoms with Crippen molar-refractivity contribution in [3.05, 3.63) is 40.3 Å². The van der Waals surface area contributed by atoms with Gasteiger partial charge in [0.15, 0.2) is 0 Å². The Hall–Kier alpha value is -3.69. The van der Waals surface area contributed by atoms with Gasteiger partial charge in [0, 0.05) is 18.0 Å². The number of allylic oxidation sites excluding steroid dienone is 1. The molecule has 0 saturated carbocycles. The Balaban J connectivity index is 2.27. The molecule has 0 saturated heterocycles. The summed E-state index contributed by atoms with van der Waals surface area (Å²) in [6.45, 7) is 0. The van der Waals surface area contributed by atoms with Crippen LogP contribution in [0.3, 0.4) is 0 Å². The van der Waals surface area contributed by atoms with Crippen LogP contribution in [0.4, 0.5) is 24.5 Å². The van der Waals surface area contributed by atoms with E-state index in [2.05, 4.69) is 30.7 Å². The van der Waals surface area contributed by atoms with Crippen LogP contribution < -0.4 is 10.1 Å². The van der Waals surface area contributed by atoms with Crippen molar-refractivity contribution in [3.8, 4) is 11.8 Å². The van der Waals surface area contributed by atoms with Crippen LogP contribution in [0.15, 0.2) is 24.4 Å². The average Bonchev–Trinajstić information content (AvgIpc) is 3.01. The third-order valence-corrected chi connectivity index (χ3v) is 2.47. The molecule has 2 N–H and O–H groups in total. The van der Waals surface area contributed by atoms with Crippen molar-refractivity contribution in [1.29, 1.82) is 5.26 Å². The number of nitrogens with zero attached hydrogens (tertiary/aromatic N) is 5. The third kappa shape index (κ3) is 4.16. The van der Waals surface area contributed by atoms with Crippen molar-refractivity contribution in [3.63, 3.8) is 0 Å². The normalized spacial score (nSPS) is 11.7. The van der Waals surface area contributed by atoms with Gasteiger partial charge in [0.2, 0.25) is 11.6 Å². The fourth-order valence-electron chi connectivity index (χ4n) is 1.54. The van der Waals surface area contributed by atoms with Crippen molar-refractivity contribution >= 4 is 16.9 Å². The lowest BCUT2D eigenvalue weighted by Crippen LogP contribution is -2.18. The molecule has 2 rings (SSSR count). The van der Waals surface area contributed by atoms with Crippen LogP contribution in [0.2, 0.25) is 0 Å². The zero-order chi connectivity index (χ0) is 17.7. The molecule has 0 aliphatic carbocycles. The smallest absolute Gasteiger partial charge is 0.398 e. The summed E-state index contributed by atoms with van der Waals surface area (Å²) in [7, 11) is 0. The Morgan fingerprint density at radius 2 is 2.25 bits per heavy atom. The Labute approximate surface area is 130 Å². The summed E-state index contributed by atoms with van der Waals surface area (Å²) in [6, 6.07) is 4.47. The Kier molecular flexibility index (Phi) is 4.59. The zero-order valence-corrected chi connectivity index (χ0v) is 11.4. The molecule has 124 valence electrons. The van der Waals surface area contributed by atoms with Crippen molar-refractivity contribution in [1.82, 2.24) is 20.6 Å². The van der Waals surface area contributed by atoms with Gasteiger partial charge in [-0.15, -0.1) is 23.4 Å². The number of H-pyrrole nitrogens is 1. The minimum atomic E-state index is -5.06. The van der Waals surface area contributed by atoms with E-state index in [1.54, 1.807) is 6.07 Å². The Morgan fingerprint density at radius 3 is 2.79 bits per heavy atom. The molecule has 1 aromatic carbocycles. The van der Waals surface area contributed by atoms with E-state index in [9.17, 15) is 23.3 Å². The molecule has 13 heteroatoms. The van der Waals surface area contributed by atoms with E-state index in [1.807, 2.05) is 0 Å². The van der Waals surface area contributed by atoms with Crippen molar-refractivity contribution in [2.24, 2.45) is 0 Å². The summed E-state index contributed by atoms with van der Waals surface area (Å²) in [5.74, 6) is -0.989. The number of nitro benzene ring substituents is 1. The number of nitro groups is 1. The monoisotopic (exact) mass is 341 g/mol. The number of nitriles is 1. The van der Waals surface area contributed by atoms with Crippen molar-refractivity contribution in [2.75, 3.05) is 5.32 Å². The largest absolute Gasteiger partial charge is 0.573 e. The van der Waals surface area contributed by atoms with Gasteiger partial charge in [-0.1, -0.05) is 0 Å². The molecule has 0 atom stereocenters. The van der Waals surface area contributed by atoms with E-state index in [0.29, 0.717) is 0 Å². The second kappa shape index (κ2) is 6.60. The van der Waals surface area contributed by atoms with Crippen LogP contribution in [-0.2, 0) is 0 Å². The minimum Gasteiger partial charge on any atom is -0.398 e. The van der Waals surface area contributed by atoms with Gasteiger partial charge in [-0.05, 0) is 17.3 Å². The number of halogens is 3. The number of tetrazole rings is 1. The van der Waals surface area contributed by atoms with E-state index < -0.39 is 22.7 Å². The molecule has 1 aromatic heterocycles. The van der Waals surface area contributed by atoms with E-state index in [4.69, 9.17) is 5.26 Å². The fraction of sp³-hybridized carbons (Fsp3) is 0.0909. The van der Waals surface area contributed by atoms with Crippen LogP contribution in [-0.4, -0.2) is 31.9 Å². The van der Waals surface area contributed by atoms with E-state index in [0.717, 1.165) is 24.4 Å². The Morgan fingerprint density at radius 1 is 1.50 bits per heavy atom. The van der Waals surface area contributed by atoms with Gasteiger partial charge in [0.1, 0.15) is 11.6 Å². The number of alkyl halides is 3. The van der Waals surface area contributed by atoms with E-state index in [-0.39, 0.29) is 17.1 Å². The van der Waals surface area contributed by atoms with Crippen LogP contribution >= 0.6 is 0 Å². The number of hydrogen-bond acceptors (Lipinski definition) is 8. The summed E-state index contributed by atoms with van der Waals surface area (Å²) < 4.78 is 40.2. The van der Waals surface area contributed by atoms with Crippen LogP contribution in [0.1, 0.15) is 5.82 Å². The highest BCUT2D eigenvalue weighted by Gasteiger charge is 2.34. The van der Waals surface area contributed by atoms with Gasteiger partial charge < -0.3 is 10.1 Å². The highest BCUT2D eigenvalue weighted by molar-refractivity contribution is 5.74. The number of aromatic nitrogens is 4. The molecule has 10 nitrogen and oxygen atoms in total. The number of nitrogens with one attached hydrogen (secondary N) is 2. The third-order valence-electron chi connectivity index (χ3n) is 2.47. The number of anilines is 1. The first-order valence-electron chi connectivity index (χ1n) is 5.95. The van der Waals surface area contributed by atoms with Gasteiger partial charge in [-0.3, -0.25) is 10.1 Å². The molecule has 24 heavy (non-hydrogen) atoms. The fourth-order valence-corrected chi connectivity index (χ4v) is 1.54. The van der Waals surface area contributed by atoms with Gasteiger partial charge >= 0.3 is 12.0 Å². The number of ether oxygens (including phenoxy) is 1. The quantitative estimate of drug-likeness (QED) is 0.477. The molecular formula is C11H6F3N7O3. The summed E-state index contributed by atoms with van der Waals surface area (Å²) in [5.41, 5.74) is -0.904. The lowest BCUT2D eigenvalue weighted by molar-refractivity contribution is -0.388. The van der Waals surface area contributed by atoms with Gasteiger partial charge in [-0.25, -0.2) is 0 Å². The van der Waals surface area contributed by atoms with Crippen molar-refractivity contribution in [2.45, 2.75) is 6.36 Å². The molecule has 0 aliphatic heterocycles. The number of hydrogen-bond donors (Lipinski definition) is 2. The van der Waals surface area contributed by atoms with Crippen LogP contribution in [0.25, 0.3) is 5.57 Å². The average molecular weight is 341 g/mol. The summed E-state index contributed by atoms with van der Waals surface area (Å²) in [5, 5.41) is 34.9. The number of aromatic amines is 1. The van der Waals surface area contributed by atoms with Gasteiger partial charge in [-0.2, -0.15) is 10.5 Å². The molecule has 0 aliphatic rings. The lowest BCUT2D eigenvalue weighted by Gasteiger charge is -2.10. The van der Waals surface area contributed by atoms with E-state index >= 15 is 0 Å². The highest BCUT2D eigenvalue weighted by atomic mass is 19.4. The number of rotatable bonds is 5. The lowest BCUT2D eigenvalue weighted by atomic mass is 10.2. The maximum absolute atomic E-state index is 12.2. The predicted molar refractivity (Wildman–Crippen MR) is 71.2 cm³/mol. The number of benzene rings is 1. The van der Waals surface area contributed by atoms with E-state index in [1.165, 1.54) is 0 Å². The molecule has 2 aromatic rings. The molecule has 0 amide bonds. The SMILES string of the molecule is N#CC(=CNc1ccc(OC(F)(F)F)c([N+](=O)[O-])c1)c1nn[nH]n1. The van der Waals surface area contributed by atoms with Crippen LogP contribution in [0.5, 0.6) is 5.75 Å².